The van der Waals surface area contributed by atoms with Crippen molar-refractivity contribution >= 4 is 35.8 Å². The minimum absolute atomic E-state index is 0.123. The minimum atomic E-state index is -2.86. The molecule has 0 bridgehead atoms. The Labute approximate surface area is 197 Å². The zero-order valence-corrected chi connectivity index (χ0v) is 20.2. The third kappa shape index (κ3) is 8.96. The number of aliphatic hydroxyl groups is 1. The zero-order valence-electron chi connectivity index (χ0n) is 20.2. The molecule has 0 aliphatic heterocycles. The van der Waals surface area contributed by atoms with Gasteiger partial charge in [-0.25, -0.2) is 4.79 Å². The Bertz CT molecular complexity index is 723. The van der Waals surface area contributed by atoms with Gasteiger partial charge in [-0.1, -0.05) is 20.8 Å². The van der Waals surface area contributed by atoms with Gasteiger partial charge in [-0.15, -0.1) is 0 Å². The van der Waals surface area contributed by atoms with Crippen LogP contribution >= 0.6 is 0 Å². The number of esters is 3. The van der Waals surface area contributed by atoms with Crippen molar-refractivity contribution in [3.63, 3.8) is 0 Å². The standard InChI is InChI=1S/C12H20O7.C9H14O6/c1-4-7(8(13)14)12(19,10(17)18)11(5-2,6-3)9(15)16;1-6(10)13-4-9(15-8(3)12)5-14-7(2)11/h7,19H,4-6H2,1-3H3,(H,13,14)(H,15,16)(H,17,18);9H,4-5H2,1-3H3. The summed E-state index contributed by atoms with van der Waals surface area (Å²) in [4.78, 5) is 65.7. The van der Waals surface area contributed by atoms with Gasteiger partial charge in [0.05, 0.1) is 5.92 Å². The van der Waals surface area contributed by atoms with Crippen molar-refractivity contribution in [2.45, 2.75) is 72.5 Å². The molecule has 0 radical (unpaired) electrons. The molecule has 0 heterocycles. The second kappa shape index (κ2) is 14.8. The van der Waals surface area contributed by atoms with Crippen LogP contribution in [0.4, 0.5) is 0 Å². The van der Waals surface area contributed by atoms with Gasteiger partial charge in [0, 0.05) is 20.8 Å². The van der Waals surface area contributed by atoms with Crippen molar-refractivity contribution in [2.75, 3.05) is 13.2 Å². The molecule has 0 amide bonds. The van der Waals surface area contributed by atoms with Crippen LogP contribution in [-0.4, -0.2) is 81.2 Å². The van der Waals surface area contributed by atoms with E-state index in [4.69, 9.17) is 9.84 Å². The van der Waals surface area contributed by atoms with Crippen molar-refractivity contribution in [3.8, 4) is 0 Å². The molecule has 2 unspecified atom stereocenters. The Hall–Kier alpha value is -3.22. The third-order valence-electron chi connectivity index (χ3n) is 5.16. The van der Waals surface area contributed by atoms with Crippen LogP contribution in [0.5, 0.6) is 0 Å². The molecule has 0 aliphatic rings. The molecule has 0 fully saturated rings. The molecule has 0 saturated heterocycles. The maximum absolute atomic E-state index is 11.5. The van der Waals surface area contributed by atoms with Gasteiger partial charge in [0.1, 0.15) is 18.6 Å². The first-order valence-corrected chi connectivity index (χ1v) is 10.4. The summed E-state index contributed by atoms with van der Waals surface area (Å²) in [5.41, 5.74) is -4.90. The van der Waals surface area contributed by atoms with Gasteiger partial charge in [-0.2, -0.15) is 0 Å². The fraction of sp³-hybridized carbons (Fsp3) is 0.714. The van der Waals surface area contributed by atoms with Crippen molar-refractivity contribution in [2.24, 2.45) is 11.3 Å². The van der Waals surface area contributed by atoms with Crippen molar-refractivity contribution in [1.29, 1.82) is 0 Å². The molecule has 0 aromatic rings. The lowest BCUT2D eigenvalue weighted by Crippen LogP contribution is -2.63. The van der Waals surface area contributed by atoms with Gasteiger partial charge in [0.2, 0.25) is 0 Å². The van der Waals surface area contributed by atoms with Gasteiger partial charge >= 0.3 is 35.8 Å². The summed E-state index contributed by atoms with van der Waals surface area (Å²) in [7, 11) is 0. The second-order valence-corrected chi connectivity index (χ2v) is 7.30. The molecule has 2 atom stereocenters. The summed E-state index contributed by atoms with van der Waals surface area (Å²) in [6.07, 6.45) is -1.32. The van der Waals surface area contributed by atoms with E-state index in [1.165, 1.54) is 41.5 Å². The highest BCUT2D eigenvalue weighted by Gasteiger charge is 2.64. The summed E-state index contributed by atoms with van der Waals surface area (Å²) >= 11 is 0. The first-order chi connectivity index (χ1) is 15.6. The molecule has 13 heteroatoms. The minimum Gasteiger partial charge on any atom is -0.481 e. The highest BCUT2D eigenvalue weighted by Crippen LogP contribution is 2.45. The summed E-state index contributed by atoms with van der Waals surface area (Å²) < 4.78 is 14.0. The number of aliphatic carboxylic acids is 3. The smallest absolute Gasteiger partial charge is 0.337 e. The molecule has 0 spiro atoms. The molecule has 0 aliphatic carbocycles. The van der Waals surface area contributed by atoms with E-state index in [-0.39, 0.29) is 32.5 Å². The maximum atomic E-state index is 11.5. The molecule has 34 heavy (non-hydrogen) atoms. The molecule has 4 N–H and O–H groups in total. The molecule has 196 valence electrons. The average Bonchev–Trinajstić information content (AvgIpc) is 2.71. The molecule has 0 aromatic carbocycles. The fourth-order valence-electron chi connectivity index (χ4n) is 3.36. The number of carboxylic acid groups (broad SMARTS) is 3. The Kier molecular flexibility index (Phi) is 14.4. The lowest BCUT2D eigenvalue weighted by molar-refractivity contribution is -0.205. The van der Waals surface area contributed by atoms with Crippen LogP contribution in [0.15, 0.2) is 0 Å². The highest BCUT2D eigenvalue weighted by molar-refractivity contribution is 5.93. The van der Waals surface area contributed by atoms with E-state index in [0.29, 0.717) is 0 Å². The highest BCUT2D eigenvalue weighted by atomic mass is 16.6. The molecule has 0 aromatic heterocycles. The van der Waals surface area contributed by atoms with Crippen LogP contribution in [0.3, 0.4) is 0 Å². The Morgan fingerprint density at radius 1 is 0.735 bits per heavy atom. The summed E-state index contributed by atoms with van der Waals surface area (Å²) in [6, 6.07) is 0. The maximum Gasteiger partial charge on any atom is 0.337 e. The van der Waals surface area contributed by atoms with E-state index >= 15 is 0 Å². The van der Waals surface area contributed by atoms with Gasteiger partial charge in [0.25, 0.3) is 0 Å². The van der Waals surface area contributed by atoms with E-state index in [1.54, 1.807) is 0 Å². The number of ether oxygens (including phenoxy) is 3. The molecular weight excluding hydrogens is 460 g/mol. The van der Waals surface area contributed by atoms with Crippen molar-refractivity contribution in [1.82, 2.24) is 0 Å². The molecule has 0 saturated carbocycles. The SMILES string of the molecule is CC(=O)OCC(COC(C)=O)OC(C)=O.CCC(C(=O)O)C(O)(C(=O)O)C(CC)(CC)C(=O)O. The Morgan fingerprint density at radius 2 is 1.15 bits per heavy atom. The lowest BCUT2D eigenvalue weighted by Gasteiger charge is -2.43. The number of carbonyl (C=O) groups excluding carboxylic acids is 3. The van der Waals surface area contributed by atoms with E-state index in [0.717, 1.165) is 0 Å². The third-order valence-corrected chi connectivity index (χ3v) is 5.16. The van der Waals surface area contributed by atoms with Crippen LogP contribution in [0.2, 0.25) is 0 Å². The number of carboxylic acids is 3. The zero-order chi connectivity index (χ0) is 27.3. The van der Waals surface area contributed by atoms with E-state index < -0.39 is 58.9 Å². The van der Waals surface area contributed by atoms with Crippen molar-refractivity contribution < 1.29 is 63.4 Å². The van der Waals surface area contributed by atoms with Gasteiger partial charge < -0.3 is 34.6 Å². The van der Waals surface area contributed by atoms with E-state index in [9.17, 15) is 44.1 Å². The first-order valence-electron chi connectivity index (χ1n) is 10.4. The summed E-state index contributed by atoms with van der Waals surface area (Å²) in [5, 5.41) is 38.1. The topological polar surface area (TPSA) is 211 Å². The van der Waals surface area contributed by atoms with E-state index in [1.807, 2.05) is 0 Å². The van der Waals surface area contributed by atoms with Crippen LogP contribution in [0, 0.1) is 11.3 Å². The number of rotatable bonds is 13. The monoisotopic (exact) mass is 494 g/mol. The van der Waals surface area contributed by atoms with Crippen molar-refractivity contribution in [3.05, 3.63) is 0 Å². The van der Waals surface area contributed by atoms with Crippen LogP contribution in [-0.2, 0) is 43.0 Å². The van der Waals surface area contributed by atoms with Crippen LogP contribution < -0.4 is 0 Å². The lowest BCUT2D eigenvalue weighted by atomic mass is 9.61. The Balaban J connectivity index is 0. The Morgan fingerprint density at radius 3 is 1.35 bits per heavy atom. The normalized spacial score (nSPS) is 13.4. The summed E-state index contributed by atoms with van der Waals surface area (Å²) in [5.74, 6) is -8.07. The first kappa shape index (κ1) is 33.0. The average molecular weight is 494 g/mol. The number of hydrogen-bond donors (Lipinski definition) is 4. The largest absolute Gasteiger partial charge is 0.481 e. The van der Waals surface area contributed by atoms with Crippen LogP contribution in [0.1, 0.15) is 60.8 Å². The summed E-state index contributed by atoms with van der Waals surface area (Å²) in [6.45, 7) is 7.66. The van der Waals surface area contributed by atoms with Crippen LogP contribution in [0.25, 0.3) is 0 Å². The molecule has 0 rings (SSSR count). The predicted octanol–water partition coefficient (Wildman–Crippen LogP) is 0.848. The second-order valence-electron chi connectivity index (χ2n) is 7.30. The van der Waals surface area contributed by atoms with Gasteiger partial charge in [0.15, 0.2) is 11.7 Å². The van der Waals surface area contributed by atoms with E-state index in [2.05, 4.69) is 9.47 Å². The molecule has 13 nitrogen and oxygen atoms in total. The quantitative estimate of drug-likeness (QED) is 0.207. The molecular formula is C21H34O13. The predicted molar refractivity (Wildman–Crippen MR) is 113 cm³/mol. The van der Waals surface area contributed by atoms with Gasteiger partial charge in [-0.3, -0.25) is 24.0 Å². The number of carbonyl (C=O) groups is 6. The fourth-order valence-corrected chi connectivity index (χ4v) is 3.36. The number of hydrogen-bond acceptors (Lipinski definition) is 10. The van der Waals surface area contributed by atoms with Gasteiger partial charge in [-0.05, 0) is 19.3 Å².